The first-order chi connectivity index (χ1) is 14.7. The summed E-state index contributed by atoms with van der Waals surface area (Å²) in [6, 6.07) is 19.7. The van der Waals surface area contributed by atoms with Crippen LogP contribution in [0.25, 0.3) is 16.9 Å². The Labute approximate surface area is 172 Å². The van der Waals surface area contributed by atoms with E-state index in [9.17, 15) is 9.59 Å². The summed E-state index contributed by atoms with van der Waals surface area (Å²) in [6.45, 7) is 0. The van der Waals surface area contributed by atoms with Gasteiger partial charge in [0.2, 0.25) is 0 Å². The van der Waals surface area contributed by atoms with E-state index < -0.39 is 11.8 Å². The van der Waals surface area contributed by atoms with Crippen LogP contribution in [0.1, 0.15) is 20.9 Å². The quantitative estimate of drug-likeness (QED) is 0.500. The molecule has 150 valence electrons. The number of nitrogens with zero attached hydrogens (tertiary/aromatic N) is 2. The molecule has 0 atom stereocenters. The minimum Gasteiger partial charge on any atom is -0.497 e. The smallest absolute Gasteiger partial charge is 0.305 e. The van der Waals surface area contributed by atoms with Crippen molar-refractivity contribution in [1.29, 1.82) is 0 Å². The number of hydrazine groups is 1. The normalized spacial score (nSPS) is 10.4. The molecule has 8 nitrogen and oxygen atoms in total. The summed E-state index contributed by atoms with van der Waals surface area (Å²) in [7, 11) is 1.58. The van der Waals surface area contributed by atoms with Gasteiger partial charge in [0.15, 0.2) is 5.76 Å². The molecule has 2 heterocycles. The molecule has 2 amide bonds. The summed E-state index contributed by atoms with van der Waals surface area (Å²) in [6.07, 6.45) is 2.99. The molecular formula is C22H18N4O4. The topological polar surface area (TPSA) is 98.4 Å². The Hall–Kier alpha value is -4.33. The monoisotopic (exact) mass is 402 g/mol. The molecule has 2 aromatic heterocycles. The molecule has 0 bridgehead atoms. The third kappa shape index (κ3) is 3.93. The van der Waals surface area contributed by atoms with E-state index >= 15 is 0 Å². The van der Waals surface area contributed by atoms with Crippen LogP contribution in [-0.2, 0) is 0 Å². The Kier molecular flexibility index (Phi) is 5.29. The second-order valence-electron chi connectivity index (χ2n) is 6.29. The van der Waals surface area contributed by atoms with Gasteiger partial charge in [0.05, 0.1) is 24.6 Å². The van der Waals surface area contributed by atoms with Crippen LogP contribution in [0.4, 0.5) is 0 Å². The molecule has 2 N–H and O–H groups in total. The maximum Gasteiger partial charge on any atom is 0.305 e. The number of carbonyl (C=O) groups excluding carboxylic acids is 2. The lowest BCUT2D eigenvalue weighted by Gasteiger charge is -2.06. The summed E-state index contributed by atoms with van der Waals surface area (Å²) in [5, 5.41) is 4.59. The number of rotatable bonds is 5. The molecule has 0 saturated carbocycles. The van der Waals surface area contributed by atoms with E-state index in [1.165, 1.54) is 12.3 Å². The molecule has 2 aromatic carbocycles. The maximum absolute atomic E-state index is 12.8. The SMILES string of the molecule is COc1ccc(-c2nn(-c3ccccc3)cc2C(=O)NNC(=O)c2ccco2)cc1. The summed E-state index contributed by atoms with van der Waals surface area (Å²) in [5.74, 6) is -0.290. The number of nitrogens with one attached hydrogen (secondary N) is 2. The standard InChI is InChI=1S/C22H18N4O4/c1-29-17-11-9-15(10-12-17)20-18(14-26(25-20)16-6-3-2-4-7-16)21(27)23-24-22(28)19-8-5-13-30-19/h2-14H,1H3,(H,23,27)(H,24,28). The van der Waals surface area contributed by atoms with Gasteiger partial charge in [0, 0.05) is 11.8 Å². The molecule has 4 aromatic rings. The van der Waals surface area contributed by atoms with E-state index in [4.69, 9.17) is 9.15 Å². The van der Waals surface area contributed by atoms with Gasteiger partial charge in [0.25, 0.3) is 5.91 Å². The average Bonchev–Trinajstić information content (AvgIpc) is 3.48. The number of amides is 2. The van der Waals surface area contributed by atoms with Crippen molar-refractivity contribution < 1.29 is 18.7 Å². The molecule has 0 aliphatic heterocycles. The van der Waals surface area contributed by atoms with Crippen LogP contribution in [0, 0.1) is 0 Å². The number of aromatic nitrogens is 2. The van der Waals surface area contributed by atoms with Gasteiger partial charge in [0.1, 0.15) is 11.4 Å². The van der Waals surface area contributed by atoms with E-state index in [1.54, 1.807) is 36.2 Å². The molecule has 0 saturated heterocycles. The maximum atomic E-state index is 12.8. The molecule has 0 fully saturated rings. The lowest BCUT2D eigenvalue weighted by molar-refractivity contribution is 0.0831. The fraction of sp³-hybridized carbons (Fsp3) is 0.0455. The number of para-hydroxylation sites is 1. The number of hydrogen-bond donors (Lipinski definition) is 2. The van der Waals surface area contributed by atoms with Crippen LogP contribution in [-0.4, -0.2) is 28.7 Å². The van der Waals surface area contributed by atoms with E-state index in [0.29, 0.717) is 17.0 Å². The third-order valence-corrected chi connectivity index (χ3v) is 4.38. The number of furan rings is 1. The van der Waals surface area contributed by atoms with Gasteiger partial charge in [-0.05, 0) is 48.5 Å². The van der Waals surface area contributed by atoms with E-state index in [2.05, 4.69) is 16.0 Å². The highest BCUT2D eigenvalue weighted by atomic mass is 16.5. The van der Waals surface area contributed by atoms with Crippen molar-refractivity contribution in [1.82, 2.24) is 20.6 Å². The van der Waals surface area contributed by atoms with Crippen LogP contribution in [0.5, 0.6) is 5.75 Å². The van der Waals surface area contributed by atoms with Crippen molar-refractivity contribution in [3.8, 4) is 22.7 Å². The zero-order chi connectivity index (χ0) is 20.9. The zero-order valence-corrected chi connectivity index (χ0v) is 16.0. The number of ether oxygens (including phenoxy) is 1. The zero-order valence-electron chi connectivity index (χ0n) is 16.0. The Balaban J connectivity index is 1.64. The molecule has 8 heteroatoms. The largest absolute Gasteiger partial charge is 0.497 e. The molecule has 0 aliphatic carbocycles. The fourth-order valence-electron chi connectivity index (χ4n) is 2.87. The molecule has 0 spiro atoms. The van der Waals surface area contributed by atoms with Gasteiger partial charge in [-0.2, -0.15) is 5.10 Å². The first-order valence-corrected chi connectivity index (χ1v) is 9.09. The average molecular weight is 402 g/mol. The van der Waals surface area contributed by atoms with Gasteiger partial charge in [-0.1, -0.05) is 18.2 Å². The minimum atomic E-state index is -0.560. The summed E-state index contributed by atoms with van der Waals surface area (Å²) in [5.41, 5.74) is 7.03. The van der Waals surface area contributed by atoms with Gasteiger partial charge in [-0.15, -0.1) is 0 Å². The molecular weight excluding hydrogens is 384 g/mol. The van der Waals surface area contributed by atoms with Crippen molar-refractivity contribution in [2.45, 2.75) is 0 Å². The van der Waals surface area contributed by atoms with Crippen LogP contribution in [0.15, 0.2) is 83.6 Å². The van der Waals surface area contributed by atoms with Crippen molar-refractivity contribution in [3.63, 3.8) is 0 Å². The van der Waals surface area contributed by atoms with E-state index in [1.807, 2.05) is 42.5 Å². The molecule has 30 heavy (non-hydrogen) atoms. The number of methoxy groups -OCH3 is 1. The fourth-order valence-corrected chi connectivity index (χ4v) is 2.87. The second kappa shape index (κ2) is 8.36. The first-order valence-electron chi connectivity index (χ1n) is 9.09. The van der Waals surface area contributed by atoms with Crippen molar-refractivity contribution in [2.75, 3.05) is 7.11 Å². The van der Waals surface area contributed by atoms with Crippen LogP contribution in [0.2, 0.25) is 0 Å². The van der Waals surface area contributed by atoms with E-state index in [0.717, 1.165) is 11.3 Å². The van der Waals surface area contributed by atoms with Crippen molar-refractivity contribution >= 4 is 11.8 Å². The second-order valence-corrected chi connectivity index (χ2v) is 6.29. The molecule has 4 rings (SSSR count). The minimum absolute atomic E-state index is 0.0886. The summed E-state index contributed by atoms with van der Waals surface area (Å²) >= 11 is 0. The van der Waals surface area contributed by atoms with Gasteiger partial charge >= 0.3 is 5.91 Å². The Bertz CT molecular complexity index is 1150. The van der Waals surface area contributed by atoms with E-state index in [-0.39, 0.29) is 5.76 Å². The predicted molar refractivity (Wildman–Crippen MR) is 109 cm³/mol. The molecule has 0 radical (unpaired) electrons. The van der Waals surface area contributed by atoms with Gasteiger partial charge in [-0.3, -0.25) is 20.4 Å². The van der Waals surface area contributed by atoms with Crippen LogP contribution < -0.4 is 15.6 Å². The van der Waals surface area contributed by atoms with Crippen molar-refractivity contribution in [2.24, 2.45) is 0 Å². The molecule has 0 aliphatic rings. The van der Waals surface area contributed by atoms with Gasteiger partial charge < -0.3 is 9.15 Å². The Morgan fingerprint density at radius 1 is 0.933 bits per heavy atom. The highest BCUT2D eigenvalue weighted by Crippen LogP contribution is 2.25. The van der Waals surface area contributed by atoms with Crippen LogP contribution in [0.3, 0.4) is 0 Å². The van der Waals surface area contributed by atoms with Crippen LogP contribution >= 0.6 is 0 Å². The third-order valence-electron chi connectivity index (χ3n) is 4.38. The van der Waals surface area contributed by atoms with Gasteiger partial charge in [-0.25, -0.2) is 4.68 Å². The molecule has 0 unspecified atom stereocenters. The lowest BCUT2D eigenvalue weighted by atomic mass is 10.1. The first kappa shape index (κ1) is 19.0. The Morgan fingerprint density at radius 3 is 2.33 bits per heavy atom. The number of hydrogen-bond acceptors (Lipinski definition) is 5. The highest BCUT2D eigenvalue weighted by Gasteiger charge is 2.20. The summed E-state index contributed by atoms with van der Waals surface area (Å²) < 4.78 is 11.8. The number of carbonyl (C=O) groups is 2. The number of benzene rings is 2. The van der Waals surface area contributed by atoms with Crippen molar-refractivity contribution in [3.05, 3.63) is 90.5 Å². The lowest BCUT2D eigenvalue weighted by Crippen LogP contribution is -2.41. The predicted octanol–water partition coefficient (Wildman–Crippen LogP) is 3.22. The Morgan fingerprint density at radius 2 is 1.67 bits per heavy atom. The summed E-state index contributed by atoms with van der Waals surface area (Å²) in [4.78, 5) is 24.9. The highest BCUT2D eigenvalue weighted by molar-refractivity contribution is 6.01.